The van der Waals surface area contributed by atoms with Crippen LogP contribution in [0, 0.1) is 0 Å². The van der Waals surface area contributed by atoms with E-state index in [4.69, 9.17) is 0 Å². The Balaban J connectivity index is -0.000000542. The Labute approximate surface area is 169 Å². The summed E-state index contributed by atoms with van der Waals surface area (Å²) in [6.07, 6.45) is 21.0. The fraction of sp³-hybridized carbons (Fsp3) is 0.346. The molecule has 0 fully saturated rings. The number of hydrogen-bond acceptors (Lipinski definition) is 1. The highest BCUT2D eigenvalue weighted by atomic mass is 14.7. The van der Waals surface area contributed by atoms with Gasteiger partial charge in [-0.25, -0.2) is 0 Å². The quantitative estimate of drug-likeness (QED) is 0.300. The first-order valence-electron chi connectivity index (χ1n) is 9.12. The topological polar surface area (TPSA) is 12.4 Å². The van der Waals surface area contributed by atoms with Gasteiger partial charge in [0.05, 0.1) is 0 Å². The van der Waals surface area contributed by atoms with Gasteiger partial charge in [-0.15, -0.1) is 0 Å². The third-order valence-corrected chi connectivity index (χ3v) is 3.34. The molecular weight excluding hydrogens is 326 g/mol. The second kappa shape index (κ2) is 19.9. The first-order chi connectivity index (χ1) is 12.3. The van der Waals surface area contributed by atoms with Gasteiger partial charge in [0.1, 0.15) is 0 Å². The Hall–Kier alpha value is -2.41. The summed E-state index contributed by atoms with van der Waals surface area (Å²) in [6, 6.07) is 0. The summed E-state index contributed by atoms with van der Waals surface area (Å²) in [6.45, 7) is 21.8. The van der Waals surface area contributed by atoms with Gasteiger partial charge < -0.3 is 0 Å². The van der Waals surface area contributed by atoms with Crippen LogP contribution < -0.4 is 0 Å². The molecule has 0 aromatic heterocycles. The lowest BCUT2D eigenvalue weighted by atomic mass is 10.1. The lowest BCUT2D eigenvalue weighted by molar-refractivity contribution is 1.19. The Morgan fingerprint density at radius 3 is 1.96 bits per heavy atom. The van der Waals surface area contributed by atoms with Crippen LogP contribution in [0.15, 0.2) is 101 Å². The predicted octanol–water partition coefficient (Wildman–Crippen LogP) is 8.73. The van der Waals surface area contributed by atoms with E-state index in [-0.39, 0.29) is 7.43 Å². The molecule has 0 aliphatic carbocycles. The molecule has 0 heterocycles. The van der Waals surface area contributed by atoms with Gasteiger partial charge in [-0.1, -0.05) is 87.8 Å². The SMILES string of the molecule is C.C=C(C)/C=C\C=C/C.C=CC(=C\CC)/C(C)=C/N=C(C)/C(C)=C\C=C/C. The maximum absolute atomic E-state index is 4.49. The van der Waals surface area contributed by atoms with E-state index in [0.29, 0.717) is 0 Å². The molecule has 0 unspecified atom stereocenters. The lowest BCUT2D eigenvalue weighted by Crippen LogP contribution is -1.92. The predicted molar refractivity (Wildman–Crippen MR) is 130 cm³/mol. The van der Waals surface area contributed by atoms with Crippen LogP contribution in [0.5, 0.6) is 0 Å². The maximum Gasteiger partial charge on any atom is 0.0401 e. The molecule has 0 amide bonds. The van der Waals surface area contributed by atoms with E-state index in [0.717, 1.165) is 28.9 Å². The number of allylic oxidation sites excluding steroid dienone is 13. The summed E-state index contributed by atoms with van der Waals surface area (Å²) in [7, 11) is 0. The summed E-state index contributed by atoms with van der Waals surface area (Å²) < 4.78 is 0. The van der Waals surface area contributed by atoms with Crippen molar-refractivity contribution in [2.45, 2.75) is 62.3 Å². The minimum absolute atomic E-state index is 0. The molecule has 0 rings (SSSR count). The van der Waals surface area contributed by atoms with Crippen molar-refractivity contribution in [3.05, 3.63) is 96.3 Å². The van der Waals surface area contributed by atoms with Crippen molar-refractivity contribution >= 4 is 5.71 Å². The molecule has 0 aromatic carbocycles. The molecule has 150 valence electrons. The molecule has 1 heteroatoms. The zero-order valence-corrected chi connectivity index (χ0v) is 17.8. The first-order valence-corrected chi connectivity index (χ1v) is 9.12. The van der Waals surface area contributed by atoms with E-state index >= 15 is 0 Å². The first kappa shape index (κ1) is 29.4. The van der Waals surface area contributed by atoms with Crippen molar-refractivity contribution in [3.8, 4) is 0 Å². The Kier molecular flexibility index (Phi) is 21.6. The van der Waals surface area contributed by atoms with E-state index in [2.05, 4.69) is 51.1 Å². The highest BCUT2D eigenvalue weighted by molar-refractivity contribution is 5.98. The second-order valence-corrected chi connectivity index (χ2v) is 5.91. The molecule has 0 aliphatic heterocycles. The maximum atomic E-state index is 4.49. The summed E-state index contributed by atoms with van der Waals surface area (Å²) in [5.74, 6) is 0. The minimum atomic E-state index is 0. The third kappa shape index (κ3) is 18.2. The normalized spacial score (nSPS) is 13.6. The third-order valence-electron chi connectivity index (χ3n) is 3.34. The average molecular weight is 368 g/mol. The van der Waals surface area contributed by atoms with E-state index in [9.17, 15) is 0 Å². The summed E-state index contributed by atoms with van der Waals surface area (Å²) >= 11 is 0. The highest BCUT2D eigenvalue weighted by Gasteiger charge is 1.95. The zero-order valence-electron chi connectivity index (χ0n) is 17.8. The second-order valence-electron chi connectivity index (χ2n) is 5.91. The molecule has 0 aliphatic rings. The van der Waals surface area contributed by atoms with E-state index < -0.39 is 0 Å². The number of aliphatic imine (C=N–C) groups is 1. The Bertz CT molecular complexity index is 629. The van der Waals surface area contributed by atoms with Crippen molar-refractivity contribution in [1.82, 2.24) is 0 Å². The molecule has 0 saturated carbocycles. The molecule has 27 heavy (non-hydrogen) atoms. The van der Waals surface area contributed by atoms with Crippen LogP contribution in [-0.2, 0) is 0 Å². The van der Waals surface area contributed by atoms with Crippen molar-refractivity contribution in [2.24, 2.45) is 4.99 Å². The molecule has 0 atom stereocenters. The standard InChI is InChI=1S/C17H25N.C8H12.CH4/c1-7-10-12-14(4)16(6)18-13-15(5)17(9-3)11-8-2;1-4-5-6-7-8(2)3;/h7,9-13H,3,8H2,1-2,4-6H3;4-7H,2H2,1,3H3;1H4/b10-7-,14-12-,15-13+,17-11+,18-16+;5-4-,7-6-;. The monoisotopic (exact) mass is 367 g/mol. The molecule has 0 radical (unpaired) electrons. The number of hydrogen-bond donors (Lipinski definition) is 0. The van der Waals surface area contributed by atoms with E-state index in [1.807, 2.05) is 76.4 Å². The van der Waals surface area contributed by atoms with Gasteiger partial charge in [-0.05, 0) is 64.7 Å². The van der Waals surface area contributed by atoms with Crippen LogP contribution in [0.25, 0.3) is 0 Å². The molecule has 0 saturated heterocycles. The van der Waals surface area contributed by atoms with Gasteiger partial charge in [-0.2, -0.15) is 0 Å². The lowest BCUT2D eigenvalue weighted by Gasteiger charge is -2.01. The van der Waals surface area contributed by atoms with Gasteiger partial charge in [0.15, 0.2) is 0 Å². The molecule has 0 aromatic rings. The van der Waals surface area contributed by atoms with Crippen LogP contribution in [0.3, 0.4) is 0 Å². The van der Waals surface area contributed by atoms with Gasteiger partial charge in [0.25, 0.3) is 0 Å². The van der Waals surface area contributed by atoms with Crippen LogP contribution in [0.2, 0.25) is 0 Å². The number of rotatable bonds is 8. The average Bonchev–Trinajstić information content (AvgIpc) is 2.62. The molecule has 0 spiro atoms. The summed E-state index contributed by atoms with van der Waals surface area (Å²) in [5, 5.41) is 0. The molecule has 0 N–H and O–H groups in total. The van der Waals surface area contributed by atoms with Crippen molar-refractivity contribution in [3.63, 3.8) is 0 Å². The Morgan fingerprint density at radius 1 is 0.926 bits per heavy atom. The molecular formula is C26H41N. The smallest absolute Gasteiger partial charge is 0.0401 e. The largest absolute Gasteiger partial charge is 0.261 e. The zero-order chi connectivity index (χ0) is 20.4. The van der Waals surface area contributed by atoms with Gasteiger partial charge in [0.2, 0.25) is 0 Å². The molecule has 1 nitrogen and oxygen atoms in total. The van der Waals surface area contributed by atoms with Crippen molar-refractivity contribution in [2.75, 3.05) is 0 Å². The van der Waals surface area contributed by atoms with E-state index in [1.165, 1.54) is 5.57 Å². The Morgan fingerprint density at radius 2 is 1.52 bits per heavy atom. The fourth-order valence-corrected chi connectivity index (χ4v) is 1.69. The van der Waals surface area contributed by atoms with Gasteiger partial charge >= 0.3 is 0 Å². The highest BCUT2D eigenvalue weighted by Crippen LogP contribution is 2.12. The van der Waals surface area contributed by atoms with Crippen LogP contribution in [-0.4, -0.2) is 5.71 Å². The molecule has 0 bridgehead atoms. The van der Waals surface area contributed by atoms with Crippen LogP contribution in [0.1, 0.15) is 62.3 Å². The number of nitrogens with zero attached hydrogens (tertiary/aromatic N) is 1. The fourth-order valence-electron chi connectivity index (χ4n) is 1.69. The minimum Gasteiger partial charge on any atom is -0.261 e. The summed E-state index contributed by atoms with van der Waals surface area (Å²) in [4.78, 5) is 4.49. The van der Waals surface area contributed by atoms with Crippen LogP contribution >= 0.6 is 0 Å². The van der Waals surface area contributed by atoms with Gasteiger partial charge in [-0.3, -0.25) is 4.99 Å². The van der Waals surface area contributed by atoms with Crippen molar-refractivity contribution < 1.29 is 0 Å². The van der Waals surface area contributed by atoms with E-state index in [1.54, 1.807) is 0 Å². The van der Waals surface area contributed by atoms with Crippen LogP contribution in [0.4, 0.5) is 0 Å². The van der Waals surface area contributed by atoms with Gasteiger partial charge in [0, 0.05) is 11.9 Å². The summed E-state index contributed by atoms with van der Waals surface area (Å²) in [5.41, 5.74) is 5.60. The van der Waals surface area contributed by atoms with Crippen molar-refractivity contribution in [1.29, 1.82) is 0 Å².